The lowest BCUT2D eigenvalue weighted by Crippen LogP contribution is -2.42. The summed E-state index contributed by atoms with van der Waals surface area (Å²) >= 11 is 3.62. The molecule has 1 aliphatic heterocycles. The maximum absolute atomic E-state index is 14.7. The zero-order valence-electron chi connectivity index (χ0n) is 19.8. The predicted octanol–water partition coefficient (Wildman–Crippen LogP) is 6.39. The molecule has 4 rings (SSSR count). The molecular weight excluding hydrogens is 507 g/mol. The van der Waals surface area contributed by atoms with Crippen molar-refractivity contribution < 1.29 is 19.0 Å². The van der Waals surface area contributed by atoms with Crippen LogP contribution >= 0.6 is 35.5 Å². The Bertz CT molecular complexity index is 1100. The van der Waals surface area contributed by atoms with E-state index in [1.807, 2.05) is 30.0 Å². The molecule has 1 aromatic carbocycles. The molecule has 0 bridgehead atoms. The number of fused-ring (bicyclic) bond motifs is 1. The third kappa shape index (κ3) is 7.56. The summed E-state index contributed by atoms with van der Waals surface area (Å²) < 4.78 is 21.3. The molecule has 1 unspecified atom stereocenters. The quantitative estimate of drug-likeness (QED) is 0.285. The van der Waals surface area contributed by atoms with E-state index in [0.717, 1.165) is 55.6 Å². The molecule has 0 saturated carbocycles. The Hall–Kier alpha value is -1.87. The molecule has 1 fully saturated rings. The number of methoxy groups -OCH3 is 1. The van der Waals surface area contributed by atoms with Gasteiger partial charge in [-0.15, -0.1) is 35.5 Å². The first-order valence-corrected chi connectivity index (χ1v) is 13.6. The number of ether oxygens (including phenoxy) is 1. The number of halogens is 2. The van der Waals surface area contributed by atoms with E-state index in [9.17, 15) is 14.3 Å². The first-order valence-electron chi connectivity index (χ1n) is 11.7. The van der Waals surface area contributed by atoms with E-state index in [1.165, 1.54) is 10.4 Å². The number of aryl methyl sites for hydroxylation is 1. The third-order valence-electron chi connectivity index (χ3n) is 6.70. The number of carbonyl (C=O) groups is 1. The summed E-state index contributed by atoms with van der Waals surface area (Å²) in [6.45, 7) is 2.79. The van der Waals surface area contributed by atoms with E-state index in [0.29, 0.717) is 23.7 Å². The standard InChI is InChI=1S/C26H31FN2O3S2.ClH/c1-32-20-7-8-24-22(15-20)21(23(27)16-28-24)5-2-4-18-9-10-29(17-19(18)14-25(30)31)11-13-34-26-6-3-12-33-26;/h3,6-8,12,15-16,18-19H,2,4-5,9-11,13-14,17H2,1H3,(H,30,31);1H/t18?,19-;/m1./s1. The van der Waals surface area contributed by atoms with Crippen LogP contribution in [0.15, 0.2) is 46.1 Å². The van der Waals surface area contributed by atoms with Gasteiger partial charge in [-0.05, 0) is 79.3 Å². The molecule has 0 radical (unpaired) electrons. The zero-order valence-corrected chi connectivity index (χ0v) is 22.3. The Morgan fingerprint density at radius 1 is 1.34 bits per heavy atom. The number of thioether (sulfide) groups is 1. The van der Waals surface area contributed by atoms with E-state index in [4.69, 9.17) is 4.74 Å². The minimum Gasteiger partial charge on any atom is -0.497 e. The maximum Gasteiger partial charge on any atom is 0.303 e. The number of thiophene rings is 1. The topological polar surface area (TPSA) is 62.7 Å². The van der Waals surface area contributed by atoms with Crippen molar-refractivity contribution in [1.29, 1.82) is 0 Å². The fourth-order valence-electron chi connectivity index (χ4n) is 4.94. The second kappa shape index (κ2) is 13.4. The molecule has 5 nitrogen and oxygen atoms in total. The van der Waals surface area contributed by atoms with Crippen LogP contribution in [0.4, 0.5) is 4.39 Å². The van der Waals surface area contributed by atoms with Crippen LogP contribution in [0, 0.1) is 17.7 Å². The molecule has 0 amide bonds. The van der Waals surface area contributed by atoms with Gasteiger partial charge < -0.3 is 14.7 Å². The number of aromatic nitrogens is 1. The van der Waals surface area contributed by atoms with Crippen molar-refractivity contribution in [2.45, 2.75) is 36.3 Å². The number of likely N-dealkylation sites (tertiary alicyclic amines) is 1. The molecule has 1 N–H and O–H groups in total. The van der Waals surface area contributed by atoms with Gasteiger partial charge in [0.15, 0.2) is 0 Å². The molecular formula is C26H32ClFN2O3S2. The number of rotatable bonds is 11. The molecule has 2 atom stereocenters. The lowest BCUT2D eigenvalue weighted by atomic mass is 9.80. The average molecular weight is 539 g/mol. The monoisotopic (exact) mass is 538 g/mol. The van der Waals surface area contributed by atoms with E-state index in [-0.39, 0.29) is 30.6 Å². The van der Waals surface area contributed by atoms with E-state index < -0.39 is 5.97 Å². The first-order chi connectivity index (χ1) is 16.5. The van der Waals surface area contributed by atoms with Gasteiger partial charge in [-0.25, -0.2) is 4.39 Å². The number of benzene rings is 1. The second-order valence-corrected chi connectivity index (χ2v) is 11.2. The molecule has 1 aliphatic rings. The van der Waals surface area contributed by atoms with Crippen molar-refractivity contribution in [3.8, 4) is 5.75 Å². The Morgan fingerprint density at radius 3 is 2.94 bits per heavy atom. The number of carboxylic acids is 1. The summed E-state index contributed by atoms with van der Waals surface area (Å²) in [5.41, 5.74) is 1.43. The zero-order chi connectivity index (χ0) is 23.9. The van der Waals surface area contributed by atoms with Gasteiger partial charge in [0.25, 0.3) is 0 Å². The Labute approximate surface area is 220 Å². The summed E-state index contributed by atoms with van der Waals surface area (Å²) in [5.74, 6) is 1.17. The van der Waals surface area contributed by atoms with E-state index in [1.54, 1.807) is 18.4 Å². The molecule has 0 aliphatic carbocycles. The number of hydrogen-bond donors (Lipinski definition) is 1. The summed E-state index contributed by atoms with van der Waals surface area (Å²) in [4.78, 5) is 18.2. The largest absolute Gasteiger partial charge is 0.497 e. The number of nitrogens with zero attached hydrogens (tertiary/aromatic N) is 2. The third-order valence-corrected chi connectivity index (χ3v) is 8.81. The van der Waals surface area contributed by atoms with Gasteiger partial charge in [0.2, 0.25) is 0 Å². The van der Waals surface area contributed by atoms with Gasteiger partial charge in [-0.1, -0.05) is 6.07 Å². The van der Waals surface area contributed by atoms with Crippen molar-refractivity contribution in [3.63, 3.8) is 0 Å². The van der Waals surface area contributed by atoms with Crippen LogP contribution < -0.4 is 4.74 Å². The van der Waals surface area contributed by atoms with Crippen molar-refractivity contribution in [2.75, 3.05) is 32.5 Å². The summed E-state index contributed by atoms with van der Waals surface area (Å²) in [5, 5.41) is 12.4. The van der Waals surface area contributed by atoms with Crippen LogP contribution in [0.3, 0.4) is 0 Å². The van der Waals surface area contributed by atoms with Crippen LogP contribution in [0.2, 0.25) is 0 Å². The minimum absolute atomic E-state index is 0. The molecule has 190 valence electrons. The van der Waals surface area contributed by atoms with Gasteiger partial charge >= 0.3 is 5.97 Å². The fourth-order valence-corrected chi connectivity index (χ4v) is 6.80. The smallest absolute Gasteiger partial charge is 0.303 e. The molecule has 3 heterocycles. The molecule has 2 aromatic heterocycles. The number of pyridine rings is 1. The highest BCUT2D eigenvalue weighted by Gasteiger charge is 2.30. The number of piperidine rings is 1. The van der Waals surface area contributed by atoms with Crippen LogP contribution in [0.1, 0.15) is 31.2 Å². The lowest BCUT2D eigenvalue weighted by molar-refractivity contribution is -0.139. The van der Waals surface area contributed by atoms with Crippen molar-refractivity contribution >= 4 is 52.4 Å². The highest BCUT2D eigenvalue weighted by atomic mass is 35.5. The van der Waals surface area contributed by atoms with E-state index >= 15 is 0 Å². The van der Waals surface area contributed by atoms with Crippen LogP contribution in [-0.2, 0) is 11.2 Å². The highest BCUT2D eigenvalue weighted by molar-refractivity contribution is 8.01. The predicted molar refractivity (Wildman–Crippen MR) is 144 cm³/mol. The average Bonchev–Trinajstić information content (AvgIpc) is 3.34. The van der Waals surface area contributed by atoms with Crippen LogP contribution in [-0.4, -0.2) is 53.5 Å². The van der Waals surface area contributed by atoms with Crippen LogP contribution in [0.25, 0.3) is 10.9 Å². The Morgan fingerprint density at radius 2 is 2.20 bits per heavy atom. The molecule has 1 saturated heterocycles. The fraction of sp³-hybridized carbons (Fsp3) is 0.462. The molecule has 0 spiro atoms. The maximum atomic E-state index is 14.7. The molecule has 3 aromatic rings. The number of hydrogen-bond acceptors (Lipinski definition) is 6. The van der Waals surface area contributed by atoms with Gasteiger partial charge in [0.1, 0.15) is 11.6 Å². The second-order valence-electron chi connectivity index (χ2n) is 8.85. The summed E-state index contributed by atoms with van der Waals surface area (Å²) in [6, 6.07) is 9.74. The van der Waals surface area contributed by atoms with Crippen molar-refractivity contribution in [3.05, 3.63) is 53.3 Å². The van der Waals surface area contributed by atoms with Crippen LogP contribution in [0.5, 0.6) is 5.75 Å². The normalized spacial score (nSPS) is 18.3. The molecule has 35 heavy (non-hydrogen) atoms. The van der Waals surface area contributed by atoms with Crippen molar-refractivity contribution in [1.82, 2.24) is 9.88 Å². The summed E-state index contributed by atoms with van der Waals surface area (Å²) in [6.07, 6.45) is 4.82. The summed E-state index contributed by atoms with van der Waals surface area (Å²) in [7, 11) is 1.60. The lowest BCUT2D eigenvalue weighted by Gasteiger charge is -2.38. The van der Waals surface area contributed by atoms with Gasteiger partial charge in [0.05, 0.1) is 23.0 Å². The van der Waals surface area contributed by atoms with Gasteiger partial charge in [-0.3, -0.25) is 9.78 Å². The molecule has 9 heteroatoms. The minimum atomic E-state index is -0.733. The number of aliphatic carboxylic acids is 1. The first kappa shape index (κ1) is 27.7. The van der Waals surface area contributed by atoms with Crippen molar-refractivity contribution in [2.24, 2.45) is 11.8 Å². The van der Waals surface area contributed by atoms with Gasteiger partial charge in [-0.2, -0.15) is 0 Å². The van der Waals surface area contributed by atoms with Gasteiger partial charge in [0, 0.05) is 30.6 Å². The Balaban J connectivity index is 0.00000342. The highest BCUT2D eigenvalue weighted by Crippen LogP contribution is 2.33. The SMILES string of the molecule is COc1ccc2ncc(F)c(CCCC3CCN(CCSc4cccs4)C[C@H]3CC(=O)O)c2c1.Cl. The Kier molecular flexibility index (Phi) is 10.6. The van der Waals surface area contributed by atoms with E-state index in [2.05, 4.69) is 27.4 Å². The number of carboxylic acid groups (broad SMARTS) is 1.